The standard InChI is InChI=1S/C19H16FN5O/c1-12-17-11-21-19(23-15-6-8-16(26-2)9-7-15)24-25(17)18(22-12)13-4-3-5-14(20)10-13/h3-11H,1-2H3,(H,23,24). The molecule has 0 atom stereocenters. The number of methoxy groups -OCH3 is 1. The second-order valence-corrected chi connectivity index (χ2v) is 5.76. The SMILES string of the molecule is COc1ccc(Nc2ncc3c(C)nc(-c4cccc(F)c4)n3n2)cc1. The van der Waals surface area contributed by atoms with E-state index in [2.05, 4.69) is 20.4 Å². The molecule has 0 spiro atoms. The average Bonchev–Trinajstić information content (AvgIpc) is 2.99. The summed E-state index contributed by atoms with van der Waals surface area (Å²) < 4.78 is 20.4. The van der Waals surface area contributed by atoms with Crippen molar-refractivity contribution in [3.05, 3.63) is 66.2 Å². The van der Waals surface area contributed by atoms with E-state index in [0.29, 0.717) is 17.3 Å². The molecular weight excluding hydrogens is 333 g/mol. The molecule has 0 amide bonds. The number of imidazole rings is 1. The Balaban J connectivity index is 1.74. The molecule has 2 heterocycles. The highest BCUT2D eigenvalue weighted by Gasteiger charge is 2.13. The maximum atomic E-state index is 13.6. The van der Waals surface area contributed by atoms with Crippen molar-refractivity contribution in [1.29, 1.82) is 0 Å². The lowest BCUT2D eigenvalue weighted by Gasteiger charge is -2.07. The fraction of sp³-hybridized carbons (Fsp3) is 0.105. The molecule has 1 N–H and O–H groups in total. The van der Waals surface area contributed by atoms with Gasteiger partial charge in [-0.1, -0.05) is 12.1 Å². The highest BCUT2D eigenvalue weighted by Crippen LogP contribution is 2.23. The molecule has 2 aromatic carbocycles. The molecular formula is C19H16FN5O. The number of hydrogen-bond donors (Lipinski definition) is 1. The molecule has 0 aliphatic heterocycles. The summed E-state index contributed by atoms with van der Waals surface area (Å²) in [4.78, 5) is 8.86. The van der Waals surface area contributed by atoms with Gasteiger partial charge >= 0.3 is 0 Å². The van der Waals surface area contributed by atoms with Crippen LogP contribution < -0.4 is 10.1 Å². The van der Waals surface area contributed by atoms with Gasteiger partial charge in [0.25, 0.3) is 0 Å². The number of fused-ring (bicyclic) bond motifs is 1. The summed E-state index contributed by atoms with van der Waals surface area (Å²) in [6.07, 6.45) is 1.70. The van der Waals surface area contributed by atoms with Crippen molar-refractivity contribution in [2.45, 2.75) is 6.92 Å². The Morgan fingerprint density at radius 2 is 1.92 bits per heavy atom. The first-order valence-corrected chi connectivity index (χ1v) is 8.03. The highest BCUT2D eigenvalue weighted by molar-refractivity contribution is 5.65. The van der Waals surface area contributed by atoms with Gasteiger partial charge < -0.3 is 10.1 Å². The van der Waals surface area contributed by atoms with Crippen LogP contribution in [0.15, 0.2) is 54.7 Å². The number of benzene rings is 2. The first-order chi connectivity index (χ1) is 12.6. The number of aryl methyl sites for hydroxylation is 1. The largest absolute Gasteiger partial charge is 0.497 e. The van der Waals surface area contributed by atoms with Crippen molar-refractivity contribution in [2.24, 2.45) is 0 Å². The number of anilines is 2. The van der Waals surface area contributed by atoms with Gasteiger partial charge in [0, 0.05) is 11.3 Å². The molecule has 0 aliphatic rings. The Labute approximate surface area is 149 Å². The van der Waals surface area contributed by atoms with Crippen LogP contribution in [-0.4, -0.2) is 26.7 Å². The van der Waals surface area contributed by atoms with E-state index in [1.807, 2.05) is 31.2 Å². The summed E-state index contributed by atoms with van der Waals surface area (Å²) >= 11 is 0. The molecule has 2 aromatic heterocycles. The maximum Gasteiger partial charge on any atom is 0.245 e. The quantitative estimate of drug-likeness (QED) is 0.603. The Morgan fingerprint density at radius 1 is 1.12 bits per heavy atom. The molecule has 0 aliphatic carbocycles. The Bertz CT molecular complexity index is 1080. The zero-order valence-electron chi connectivity index (χ0n) is 14.3. The first kappa shape index (κ1) is 16.0. The van der Waals surface area contributed by atoms with Gasteiger partial charge in [-0.2, -0.15) is 0 Å². The topological polar surface area (TPSA) is 64.3 Å². The van der Waals surface area contributed by atoms with Crippen molar-refractivity contribution >= 4 is 17.2 Å². The minimum Gasteiger partial charge on any atom is -0.497 e. The molecule has 0 unspecified atom stereocenters. The van der Waals surface area contributed by atoms with Crippen LogP contribution in [0.5, 0.6) is 5.75 Å². The van der Waals surface area contributed by atoms with E-state index < -0.39 is 0 Å². The molecule has 0 fully saturated rings. The molecule has 0 bridgehead atoms. The molecule has 4 rings (SSSR count). The number of aromatic nitrogens is 4. The minimum atomic E-state index is -0.317. The summed E-state index contributed by atoms with van der Waals surface area (Å²) in [6, 6.07) is 13.7. The lowest BCUT2D eigenvalue weighted by Crippen LogP contribution is -2.03. The van der Waals surface area contributed by atoms with Gasteiger partial charge in [-0.3, -0.25) is 0 Å². The van der Waals surface area contributed by atoms with Crippen LogP contribution >= 0.6 is 0 Å². The highest BCUT2D eigenvalue weighted by atomic mass is 19.1. The van der Waals surface area contributed by atoms with E-state index >= 15 is 0 Å². The van der Waals surface area contributed by atoms with Crippen LogP contribution in [0.1, 0.15) is 5.69 Å². The summed E-state index contributed by atoms with van der Waals surface area (Å²) in [7, 11) is 1.62. The van der Waals surface area contributed by atoms with Gasteiger partial charge in [-0.25, -0.2) is 18.9 Å². The number of ether oxygens (including phenoxy) is 1. The van der Waals surface area contributed by atoms with Gasteiger partial charge in [0.2, 0.25) is 5.95 Å². The van der Waals surface area contributed by atoms with E-state index in [4.69, 9.17) is 4.74 Å². The zero-order chi connectivity index (χ0) is 18.1. The molecule has 7 heteroatoms. The molecule has 130 valence electrons. The first-order valence-electron chi connectivity index (χ1n) is 8.03. The summed E-state index contributed by atoms with van der Waals surface area (Å²) in [5.74, 6) is 1.43. The third-order valence-corrected chi connectivity index (χ3v) is 4.01. The van der Waals surface area contributed by atoms with Crippen LogP contribution in [0.4, 0.5) is 16.0 Å². The van der Waals surface area contributed by atoms with Crippen molar-refractivity contribution in [3.63, 3.8) is 0 Å². The van der Waals surface area contributed by atoms with E-state index in [9.17, 15) is 4.39 Å². The van der Waals surface area contributed by atoms with Gasteiger partial charge in [0.15, 0.2) is 5.82 Å². The van der Waals surface area contributed by atoms with E-state index in [-0.39, 0.29) is 5.82 Å². The number of halogens is 1. The third-order valence-electron chi connectivity index (χ3n) is 4.01. The number of nitrogens with zero attached hydrogens (tertiary/aromatic N) is 4. The minimum absolute atomic E-state index is 0.317. The molecule has 26 heavy (non-hydrogen) atoms. The van der Waals surface area contributed by atoms with Gasteiger partial charge in [0.1, 0.15) is 17.1 Å². The second-order valence-electron chi connectivity index (χ2n) is 5.76. The van der Waals surface area contributed by atoms with E-state index in [0.717, 1.165) is 22.6 Å². The average molecular weight is 349 g/mol. The van der Waals surface area contributed by atoms with Crippen molar-refractivity contribution in [1.82, 2.24) is 19.6 Å². The summed E-state index contributed by atoms with van der Waals surface area (Å²) in [5.41, 5.74) is 3.03. The van der Waals surface area contributed by atoms with Crippen molar-refractivity contribution in [2.75, 3.05) is 12.4 Å². The Kier molecular flexibility index (Phi) is 3.96. The molecule has 4 aromatic rings. The Morgan fingerprint density at radius 3 is 2.65 bits per heavy atom. The van der Waals surface area contributed by atoms with E-state index in [1.54, 1.807) is 30.0 Å². The van der Waals surface area contributed by atoms with Crippen LogP contribution in [-0.2, 0) is 0 Å². The summed E-state index contributed by atoms with van der Waals surface area (Å²) in [6.45, 7) is 1.87. The monoisotopic (exact) mass is 349 g/mol. The van der Waals surface area contributed by atoms with Crippen LogP contribution in [0.3, 0.4) is 0 Å². The van der Waals surface area contributed by atoms with Gasteiger partial charge in [-0.05, 0) is 43.3 Å². The zero-order valence-corrected chi connectivity index (χ0v) is 14.3. The normalized spacial score (nSPS) is 10.9. The third kappa shape index (κ3) is 2.95. The lowest BCUT2D eigenvalue weighted by atomic mass is 10.2. The van der Waals surface area contributed by atoms with Crippen molar-refractivity contribution < 1.29 is 9.13 Å². The molecule has 0 saturated carbocycles. The molecule has 6 nitrogen and oxygen atoms in total. The summed E-state index contributed by atoms with van der Waals surface area (Å²) in [5, 5.41) is 7.66. The number of nitrogens with one attached hydrogen (secondary N) is 1. The smallest absolute Gasteiger partial charge is 0.245 e. The van der Waals surface area contributed by atoms with Crippen LogP contribution in [0, 0.1) is 12.7 Å². The molecule has 0 radical (unpaired) electrons. The van der Waals surface area contributed by atoms with Gasteiger partial charge in [-0.15, -0.1) is 5.10 Å². The lowest BCUT2D eigenvalue weighted by molar-refractivity contribution is 0.415. The van der Waals surface area contributed by atoms with E-state index in [1.165, 1.54) is 12.1 Å². The molecule has 0 saturated heterocycles. The predicted molar refractivity (Wildman–Crippen MR) is 97.2 cm³/mol. The van der Waals surface area contributed by atoms with Crippen molar-refractivity contribution in [3.8, 4) is 17.1 Å². The van der Waals surface area contributed by atoms with Crippen LogP contribution in [0.2, 0.25) is 0 Å². The maximum absolute atomic E-state index is 13.6. The fourth-order valence-corrected chi connectivity index (χ4v) is 2.70. The Hall–Kier alpha value is -3.48. The van der Waals surface area contributed by atoms with Crippen LogP contribution in [0.25, 0.3) is 16.9 Å². The second kappa shape index (κ2) is 6.44. The number of rotatable bonds is 4. The fourth-order valence-electron chi connectivity index (χ4n) is 2.70. The predicted octanol–water partition coefficient (Wildman–Crippen LogP) is 3.99. The van der Waals surface area contributed by atoms with Gasteiger partial charge in [0.05, 0.1) is 19.0 Å². The number of hydrogen-bond acceptors (Lipinski definition) is 5.